The second-order valence-corrected chi connectivity index (χ2v) is 6.57. The summed E-state index contributed by atoms with van der Waals surface area (Å²) in [5, 5.41) is -0.281. The lowest BCUT2D eigenvalue weighted by atomic mass is 10.2. The van der Waals surface area contributed by atoms with Gasteiger partial charge < -0.3 is 0 Å². The van der Waals surface area contributed by atoms with Crippen molar-refractivity contribution < 1.29 is 14.0 Å². The molecule has 1 aromatic heterocycles. The normalized spacial score (nSPS) is 16.3. The quantitative estimate of drug-likeness (QED) is 0.758. The van der Waals surface area contributed by atoms with Crippen LogP contribution in [0.5, 0.6) is 0 Å². The third-order valence-electron chi connectivity index (χ3n) is 3.44. The van der Waals surface area contributed by atoms with Crippen LogP contribution in [0.4, 0.5) is 9.18 Å². The van der Waals surface area contributed by atoms with Crippen molar-refractivity contribution in [3.63, 3.8) is 0 Å². The summed E-state index contributed by atoms with van der Waals surface area (Å²) in [6.45, 7) is 1.64. The van der Waals surface area contributed by atoms with Crippen LogP contribution in [0, 0.1) is 12.7 Å². The number of rotatable bonds is 3. The third-order valence-corrected chi connectivity index (χ3v) is 4.70. The number of aromatic nitrogens is 1. The first-order valence-electron chi connectivity index (χ1n) is 7.07. The van der Waals surface area contributed by atoms with Crippen molar-refractivity contribution in [1.82, 2.24) is 9.88 Å². The van der Waals surface area contributed by atoms with Crippen molar-refractivity contribution in [2.75, 3.05) is 0 Å². The average molecular weight is 363 g/mol. The molecule has 1 aromatic carbocycles. The van der Waals surface area contributed by atoms with E-state index in [1.165, 1.54) is 18.2 Å². The molecule has 24 heavy (non-hydrogen) atoms. The summed E-state index contributed by atoms with van der Waals surface area (Å²) in [6, 6.07) is 9.63. The number of amides is 2. The predicted octanol–water partition coefficient (Wildman–Crippen LogP) is 4.42. The minimum absolute atomic E-state index is 0.122. The van der Waals surface area contributed by atoms with E-state index >= 15 is 0 Å². The molecule has 3 rings (SSSR count). The maximum absolute atomic E-state index is 13.9. The Morgan fingerprint density at radius 1 is 1.25 bits per heavy atom. The summed E-state index contributed by atoms with van der Waals surface area (Å²) in [5.74, 6) is -1.03. The summed E-state index contributed by atoms with van der Waals surface area (Å²) in [5.41, 5.74) is 1.52. The zero-order valence-corrected chi connectivity index (χ0v) is 14.2. The summed E-state index contributed by atoms with van der Waals surface area (Å²) in [7, 11) is 0. The molecule has 4 nitrogen and oxygen atoms in total. The van der Waals surface area contributed by atoms with Crippen molar-refractivity contribution in [2.45, 2.75) is 13.5 Å². The Kier molecular flexibility index (Phi) is 4.69. The Morgan fingerprint density at radius 3 is 2.71 bits per heavy atom. The molecule has 2 heterocycles. The second-order valence-electron chi connectivity index (χ2n) is 5.17. The minimum Gasteiger partial charge on any atom is -0.268 e. The first-order chi connectivity index (χ1) is 11.5. The first-order valence-corrected chi connectivity index (χ1v) is 8.27. The maximum Gasteiger partial charge on any atom is 0.293 e. The molecule has 0 N–H and O–H groups in total. The van der Waals surface area contributed by atoms with Gasteiger partial charge in [0.05, 0.1) is 17.1 Å². The zero-order valence-electron chi connectivity index (χ0n) is 12.6. The van der Waals surface area contributed by atoms with Crippen LogP contribution in [0.15, 0.2) is 41.3 Å². The Labute approximate surface area is 147 Å². The number of aryl methyl sites for hydroxylation is 1. The van der Waals surface area contributed by atoms with Crippen LogP contribution < -0.4 is 0 Å². The predicted molar refractivity (Wildman–Crippen MR) is 91.9 cm³/mol. The number of thioether (sulfide) groups is 1. The minimum atomic E-state index is -0.550. The fourth-order valence-electron chi connectivity index (χ4n) is 2.26. The molecule has 7 heteroatoms. The van der Waals surface area contributed by atoms with Crippen LogP contribution in [0.25, 0.3) is 6.08 Å². The molecule has 1 aliphatic rings. The molecule has 1 aliphatic heterocycles. The van der Waals surface area contributed by atoms with Crippen molar-refractivity contribution >= 4 is 40.6 Å². The van der Waals surface area contributed by atoms with E-state index in [0.717, 1.165) is 22.4 Å². The number of hydrogen-bond donors (Lipinski definition) is 0. The highest BCUT2D eigenvalue weighted by atomic mass is 35.5. The molecule has 0 aliphatic carbocycles. The first kappa shape index (κ1) is 16.7. The van der Waals surface area contributed by atoms with E-state index in [9.17, 15) is 14.0 Å². The van der Waals surface area contributed by atoms with Gasteiger partial charge in [0.15, 0.2) is 0 Å². The number of pyridine rings is 1. The molecule has 0 unspecified atom stereocenters. The lowest BCUT2D eigenvalue weighted by Gasteiger charge is -2.14. The summed E-state index contributed by atoms with van der Waals surface area (Å²) in [4.78, 5) is 30.1. The van der Waals surface area contributed by atoms with Gasteiger partial charge in [-0.1, -0.05) is 23.7 Å². The van der Waals surface area contributed by atoms with E-state index in [-0.39, 0.29) is 22.0 Å². The van der Waals surface area contributed by atoms with Gasteiger partial charge in [0, 0.05) is 16.3 Å². The molecule has 1 saturated heterocycles. The molecule has 0 bridgehead atoms. The van der Waals surface area contributed by atoms with E-state index in [4.69, 9.17) is 11.6 Å². The van der Waals surface area contributed by atoms with Crippen LogP contribution >= 0.6 is 23.4 Å². The van der Waals surface area contributed by atoms with Gasteiger partial charge in [-0.3, -0.25) is 19.5 Å². The lowest BCUT2D eigenvalue weighted by Crippen LogP contribution is -2.28. The summed E-state index contributed by atoms with van der Waals surface area (Å²) >= 11 is 6.77. The largest absolute Gasteiger partial charge is 0.293 e. The van der Waals surface area contributed by atoms with E-state index in [1.54, 1.807) is 12.1 Å². The number of carbonyl (C=O) groups excluding carboxylic acids is 2. The molecule has 0 atom stereocenters. The third kappa shape index (κ3) is 3.34. The number of hydrogen-bond acceptors (Lipinski definition) is 4. The Balaban J connectivity index is 1.87. The maximum atomic E-state index is 13.9. The monoisotopic (exact) mass is 362 g/mol. The van der Waals surface area contributed by atoms with Gasteiger partial charge in [0.1, 0.15) is 5.82 Å². The molecular formula is C17H12ClFN2O2S. The SMILES string of the molecule is Cc1cccc(/C=C2/SC(=O)N(Cc3c(F)cccc3Cl)C2=O)n1. The van der Waals surface area contributed by atoms with Gasteiger partial charge in [-0.05, 0) is 49.0 Å². The molecule has 2 aromatic rings. The lowest BCUT2D eigenvalue weighted by molar-refractivity contribution is -0.123. The molecule has 122 valence electrons. The number of nitrogens with zero attached hydrogens (tertiary/aromatic N) is 2. The highest BCUT2D eigenvalue weighted by Crippen LogP contribution is 2.34. The van der Waals surface area contributed by atoms with Crippen molar-refractivity contribution in [2.24, 2.45) is 0 Å². The van der Waals surface area contributed by atoms with Gasteiger partial charge in [0.2, 0.25) is 0 Å². The standard InChI is InChI=1S/C17H12ClFN2O2S/c1-10-4-2-5-11(20-10)8-15-16(22)21(17(23)24-15)9-12-13(18)6-3-7-14(12)19/h2-8H,9H2,1H3/b15-8+. The van der Waals surface area contributed by atoms with E-state index in [0.29, 0.717) is 5.69 Å². The van der Waals surface area contributed by atoms with Crippen LogP contribution in [-0.4, -0.2) is 21.0 Å². The van der Waals surface area contributed by atoms with Crippen molar-refractivity contribution in [3.8, 4) is 0 Å². The molecule has 0 radical (unpaired) electrons. The average Bonchev–Trinajstić information content (AvgIpc) is 2.78. The molecule has 2 amide bonds. The number of imide groups is 1. The van der Waals surface area contributed by atoms with Crippen molar-refractivity contribution in [3.05, 3.63) is 69.1 Å². The Hall–Kier alpha value is -2.18. The zero-order chi connectivity index (χ0) is 17.3. The van der Waals surface area contributed by atoms with Gasteiger partial charge in [0.25, 0.3) is 11.1 Å². The van der Waals surface area contributed by atoms with Gasteiger partial charge in [-0.15, -0.1) is 0 Å². The van der Waals surface area contributed by atoms with Crippen LogP contribution in [0.3, 0.4) is 0 Å². The highest BCUT2D eigenvalue weighted by molar-refractivity contribution is 8.18. The molecule has 0 spiro atoms. The van der Waals surface area contributed by atoms with Gasteiger partial charge in [-0.2, -0.15) is 0 Å². The Morgan fingerprint density at radius 2 is 2.00 bits per heavy atom. The van der Waals surface area contributed by atoms with Gasteiger partial charge >= 0.3 is 0 Å². The van der Waals surface area contributed by atoms with Crippen LogP contribution in [0.2, 0.25) is 5.02 Å². The topological polar surface area (TPSA) is 50.3 Å². The number of carbonyl (C=O) groups is 2. The number of halogens is 2. The summed E-state index contributed by atoms with van der Waals surface area (Å²) in [6.07, 6.45) is 1.56. The van der Waals surface area contributed by atoms with E-state index < -0.39 is 17.0 Å². The highest BCUT2D eigenvalue weighted by Gasteiger charge is 2.36. The fraction of sp³-hybridized carbons (Fsp3) is 0.118. The summed E-state index contributed by atoms with van der Waals surface area (Å²) < 4.78 is 13.9. The fourth-order valence-corrected chi connectivity index (χ4v) is 3.30. The Bertz CT molecular complexity index is 849. The smallest absolute Gasteiger partial charge is 0.268 e. The van der Waals surface area contributed by atoms with Crippen molar-refractivity contribution in [1.29, 1.82) is 0 Å². The molecular weight excluding hydrogens is 351 g/mol. The number of benzene rings is 1. The van der Waals surface area contributed by atoms with Gasteiger partial charge in [-0.25, -0.2) is 4.39 Å². The van der Waals surface area contributed by atoms with Crippen LogP contribution in [0.1, 0.15) is 17.0 Å². The second kappa shape index (κ2) is 6.75. The molecule has 1 fully saturated rings. The van der Waals surface area contributed by atoms with E-state index in [1.807, 2.05) is 19.1 Å². The van der Waals surface area contributed by atoms with Crippen LogP contribution in [-0.2, 0) is 11.3 Å². The van der Waals surface area contributed by atoms with E-state index in [2.05, 4.69) is 4.98 Å². The molecule has 0 saturated carbocycles.